The van der Waals surface area contributed by atoms with Gasteiger partial charge in [-0.2, -0.15) is 0 Å². The van der Waals surface area contributed by atoms with Crippen molar-refractivity contribution in [3.05, 3.63) is 0 Å². The molecule has 1 saturated carbocycles. The predicted molar refractivity (Wildman–Crippen MR) is 218 cm³/mol. The lowest BCUT2D eigenvalue weighted by atomic mass is 9.80. The van der Waals surface area contributed by atoms with Gasteiger partial charge in [0.1, 0.15) is 0 Å². The lowest BCUT2D eigenvalue weighted by Gasteiger charge is -2.26. The van der Waals surface area contributed by atoms with Crippen molar-refractivity contribution in [2.45, 2.75) is 192 Å². The highest BCUT2D eigenvalue weighted by atomic mass is 16.5. The Kier molecular flexibility index (Phi) is 74.5. The molecular weight excluding hydrogens is 612 g/mol. The van der Waals surface area contributed by atoms with Crippen LogP contribution in [0.4, 0.5) is 0 Å². The standard InChI is InChI=1S/C10H20.C8H18O2.C7H16O.3C6H14O/c1-3-9-5-7-10(4-2)8-6-9;1-3-5-9-7-8-10-6-4-2;1-3-5-6-7-8-4-2;3*1-3-5-7-6-4-2/h9-10H,3-8H2,1-2H3;3-8H2,1-2H3;3-7H2,1-2H3;3*3-6H2,1-2H3. The van der Waals surface area contributed by atoms with E-state index in [1.165, 1.54) is 57.8 Å². The fraction of sp³-hybridized carbons (Fsp3) is 1.00. The average Bonchev–Trinajstić information content (AvgIpc) is 3.14. The van der Waals surface area contributed by atoms with Gasteiger partial charge in [0, 0.05) is 66.1 Å². The molecule has 1 aliphatic carbocycles. The summed E-state index contributed by atoms with van der Waals surface area (Å²) >= 11 is 0. The van der Waals surface area contributed by atoms with E-state index in [1.54, 1.807) is 0 Å². The van der Waals surface area contributed by atoms with E-state index in [-0.39, 0.29) is 0 Å². The Morgan fingerprint density at radius 1 is 0.286 bits per heavy atom. The van der Waals surface area contributed by atoms with E-state index in [2.05, 4.69) is 76.2 Å². The minimum absolute atomic E-state index is 0.744. The number of ether oxygens (including phenoxy) is 6. The smallest absolute Gasteiger partial charge is 0.0700 e. The van der Waals surface area contributed by atoms with Crippen molar-refractivity contribution in [2.24, 2.45) is 11.8 Å². The van der Waals surface area contributed by atoms with Crippen molar-refractivity contribution in [3.8, 4) is 0 Å². The molecular formula is C43H96O6. The molecule has 49 heavy (non-hydrogen) atoms. The zero-order valence-corrected chi connectivity index (χ0v) is 36.1. The number of hydrogen-bond donors (Lipinski definition) is 0. The van der Waals surface area contributed by atoms with E-state index in [0.29, 0.717) is 0 Å². The van der Waals surface area contributed by atoms with Crippen LogP contribution in [-0.2, 0) is 28.4 Å². The van der Waals surface area contributed by atoms with Crippen LogP contribution in [0, 0.1) is 11.8 Å². The summed E-state index contributed by atoms with van der Waals surface area (Å²) in [7, 11) is 0. The molecule has 1 rings (SSSR count). The quantitative estimate of drug-likeness (QED) is 0.0834. The summed E-state index contributed by atoms with van der Waals surface area (Å²) in [6.45, 7) is 36.4. The molecule has 0 aromatic heterocycles. The minimum Gasteiger partial charge on any atom is -0.382 e. The third-order valence-electron chi connectivity index (χ3n) is 7.38. The molecule has 0 radical (unpaired) electrons. The van der Waals surface area contributed by atoms with Crippen LogP contribution < -0.4 is 0 Å². The maximum absolute atomic E-state index is 5.20. The summed E-state index contributed by atoms with van der Waals surface area (Å²) in [6.07, 6.45) is 21.7. The van der Waals surface area contributed by atoms with Gasteiger partial charge in [-0.3, -0.25) is 0 Å². The fourth-order valence-corrected chi connectivity index (χ4v) is 4.43. The van der Waals surface area contributed by atoms with E-state index in [0.717, 1.165) is 142 Å². The Morgan fingerprint density at radius 3 is 0.755 bits per heavy atom. The Morgan fingerprint density at radius 2 is 0.551 bits per heavy atom. The first-order valence-corrected chi connectivity index (χ1v) is 21.4. The topological polar surface area (TPSA) is 55.4 Å². The molecule has 1 fully saturated rings. The number of hydrogen-bond acceptors (Lipinski definition) is 6. The van der Waals surface area contributed by atoms with Crippen molar-refractivity contribution in [1.29, 1.82) is 0 Å². The molecule has 6 heteroatoms. The Labute approximate surface area is 311 Å². The third-order valence-corrected chi connectivity index (χ3v) is 7.38. The summed E-state index contributed by atoms with van der Waals surface area (Å²) in [5.74, 6) is 2.14. The van der Waals surface area contributed by atoms with E-state index >= 15 is 0 Å². The van der Waals surface area contributed by atoms with E-state index in [4.69, 9.17) is 28.4 Å². The summed E-state index contributed by atoms with van der Waals surface area (Å²) in [5, 5.41) is 0. The second kappa shape index (κ2) is 62.9. The van der Waals surface area contributed by atoms with Crippen LogP contribution >= 0.6 is 0 Å². The van der Waals surface area contributed by atoms with Gasteiger partial charge >= 0.3 is 0 Å². The summed E-state index contributed by atoms with van der Waals surface area (Å²) in [6, 6.07) is 0. The fourth-order valence-electron chi connectivity index (χ4n) is 4.43. The highest BCUT2D eigenvalue weighted by Gasteiger charge is 2.17. The highest BCUT2D eigenvalue weighted by molar-refractivity contribution is 4.70. The second-order valence-electron chi connectivity index (χ2n) is 12.7. The molecule has 0 atom stereocenters. The first-order chi connectivity index (χ1) is 23.9. The minimum atomic E-state index is 0.744. The lowest BCUT2D eigenvalue weighted by Crippen LogP contribution is -2.12. The summed E-state index contributed by atoms with van der Waals surface area (Å²) in [4.78, 5) is 0. The van der Waals surface area contributed by atoms with Crippen molar-refractivity contribution in [1.82, 2.24) is 0 Å². The Bertz CT molecular complexity index is 396. The maximum atomic E-state index is 5.20. The van der Waals surface area contributed by atoms with Crippen LogP contribution in [0.2, 0.25) is 0 Å². The van der Waals surface area contributed by atoms with Crippen LogP contribution in [0.5, 0.6) is 0 Å². The number of unbranched alkanes of at least 4 members (excludes halogenated alkanes) is 2. The van der Waals surface area contributed by atoms with E-state index in [9.17, 15) is 0 Å². The largest absolute Gasteiger partial charge is 0.382 e. The van der Waals surface area contributed by atoms with Gasteiger partial charge in [0.2, 0.25) is 0 Å². The van der Waals surface area contributed by atoms with Crippen LogP contribution in [0.15, 0.2) is 0 Å². The highest BCUT2D eigenvalue weighted by Crippen LogP contribution is 2.31. The van der Waals surface area contributed by atoms with Gasteiger partial charge in [0.25, 0.3) is 0 Å². The molecule has 0 aliphatic heterocycles. The molecule has 0 amide bonds. The molecule has 0 aromatic rings. The van der Waals surface area contributed by atoms with Gasteiger partial charge in [-0.1, -0.05) is 128 Å². The van der Waals surface area contributed by atoms with Gasteiger partial charge in [0.05, 0.1) is 13.2 Å². The molecule has 0 aromatic carbocycles. The van der Waals surface area contributed by atoms with E-state index < -0.39 is 0 Å². The zero-order valence-electron chi connectivity index (χ0n) is 36.1. The summed E-state index contributed by atoms with van der Waals surface area (Å²) < 4.78 is 30.9. The monoisotopic (exact) mass is 709 g/mol. The van der Waals surface area contributed by atoms with E-state index in [1.807, 2.05) is 6.92 Å². The lowest BCUT2D eigenvalue weighted by molar-refractivity contribution is 0.0483. The Hall–Kier alpha value is -0.240. The van der Waals surface area contributed by atoms with Crippen molar-refractivity contribution in [2.75, 3.05) is 79.3 Å². The molecule has 0 bridgehead atoms. The van der Waals surface area contributed by atoms with Crippen molar-refractivity contribution >= 4 is 0 Å². The summed E-state index contributed by atoms with van der Waals surface area (Å²) in [5.41, 5.74) is 0. The van der Waals surface area contributed by atoms with Crippen LogP contribution in [0.3, 0.4) is 0 Å². The van der Waals surface area contributed by atoms with Gasteiger partial charge in [-0.25, -0.2) is 0 Å². The molecule has 0 saturated heterocycles. The normalized spacial score (nSPS) is 14.7. The van der Waals surface area contributed by atoms with Gasteiger partial charge in [0.15, 0.2) is 0 Å². The van der Waals surface area contributed by atoms with Gasteiger partial charge in [-0.15, -0.1) is 0 Å². The number of rotatable bonds is 26. The second-order valence-corrected chi connectivity index (χ2v) is 12.7. The molecule has 304 valence electrons. The Balaban J connectivity index is -0.000000159. The SMILES string of the molecule is CCC1CCC(CC)CC1.CCCCCOCC.CCCOCCC.CCCOCCC.CCCOCCC.CCCOCCOCCC. The predicted octanol–water partition coefficient (Wildman–Crippen LogP) is 13.1. The van der Waals surface area contributed by atoms with Gasteiger partial charge < -0.3 is 28.4 Å². The zero-order chi connectivity index (χ0) is 37.9. The molecule has 1 aliphatic rings. The molecule has 0 spiro atoms. The van der Waals surface area contributed by atoms with Crippen LogP contribution in [0.1, 0.15) is 192 Å². The van der Waals surface area contributed by atoms with Crippen molar-refractivity contribution < 1.29 is 28.4 Å². The molecule has 0 unspecified atom stereocenters. The van der Waals surface area contributed by atoms with Crippen LogP contribution in [0.25, 0.3) is 0 Å². The maximum Gasteiger partial charge on any atom is 0.0700 e. The van der Waals surface area contributed by atoms with Crippen LogP contribution in [-0.4, -0.2) is 79.3 Å². The molecule has 0 heterocycles. The average molecular weight is 709 g/mol. The molecule has 0 N–H and O–H groups in total. The first kappa shape index (κ1) is 58.1. The van der Waals surface area contributed by atoms with Crippen molar-refractivity contribution in [3.63, 3.8) is 0 Å². The first-order valence-electron chi connectivity index (χ1n) is 21.4. The van der Waals surface area contributed by atoms with Gasteiger partial charge in [-0.05, 0) is 76.5 Å². The third kappa shape index (κ3) is 70.1. The molecule has 6 nitrogen and oxygen atoms in total.